The molecule has 0 fully saturated rings. The largest absolute Gasteiger partial charge is 0.349 e. The van der Waals surface area contributed by atoms with Gasteiger partial charge in [-0.1, -0.05) is 35.9 Å². The number of aromatic nitrogens is 2. The third-order valence-corrected chi connectivity index (χ3v) is 5.79. The molecule has 1 unspecified atom stereocenters. The summed E-state index contributed by atoms with van der Waals surface area (Å²) < 4.78 is 0. The number of hydrogen-bond acceptors (Lipinski definition) is 4. The van der Waals surface area contributed by atoms with Gasteiger partial charge in [0.1, 0.15) is 5.82 Å². The zero-order chi connectivity index (χ0) is 19.8. The van der Waals surface area contributed by atoms with E-state index in [1.54, 1.807) is 24.3 Å². The number of anilines is 1. The molecule has 4 rings (SSSR count). The van der Waals surface area contributed by atoms with Crippen LogP contribution >= 0.6 is 11.6 Å². The predicted molar refractivity (Wildman–Crippen MR) is 112 cm³/mol. The first-order valence-electron chi connectivity index (χ1n) is 9.45. The van der Waals surface area contributed by atoms with E-state index in [1.807, 2.05) is 13.8 Å². The molecule has 1 aromatic heterocycles. The SMILES string of the molecule is Cc1nc(C(=O)c2ccc(Cl)cc2)nc(N2CCc3ccccc3C2C)c1C. The molecule has 1 aliphatic heterocycles. The minimum atomic E-state index is -0.189. The van der Waals surface area contributed by atoms with Gasteiger partial charge in [0.05, 0.1) is 6.04 Å². The van der Waals surface area contributed by atoms with E-state index in [2.05, 4.69) is 41.1 Å². The van der Waals surface area contributed by atoms with E-state index in [1.165, 1.54) is 11.1 Å². The average molecular weight is 392 g/mol. The molecule has 0 aliphatic carbocycles. The van der Waals surface area contributed by atoms with E-state index in [-0.39, 0.29) is 17.6 Å². The van der Waals surface area contributed by atoms with Gasteiger partial charge >= 0.3 is 0 Å². The van der Waals surface area contributed by atoms with Crippen LogP contribution < -0.4 is 4.90 Å². The molecule has 28 heavy (non-hydrogen) atoms. The number of benzene rings is 2. The molecule has 5 heteroatoms. The van der Waals surface area contributed by atoms with Gasteiger partial charge in [0.2, 0.25) is 11.6 Å². The van der Waals surface area contributed by atoms with Crippen molar-refractivity contribution in [2.24, 2.45) is 0 Å². The quantitative estimate of drug-likeness (QED) is 0.582. The molecule has 0 bridgehead atoms. The van der Waals surface area contributed by atoms with Gasteiger partial charge in [0, 0.05) is 28.4 Å². The van der Waals surface area contributed by atoms with Gasteiger partial charge in [-0.15, -0.1) is 0 Å². The van der Waals surface area contributed by atoms with Crippen molar-refractivity contribution >= 4 is 23.2 Å². The summed E-state index contributed by atoms with van der Waals surface area (Å²) in [4.78, 5) is 24.4. The van der Waals surface area contributed by atoms with Gasteiger partial charge in [0.15, 0.2) is 0 Å². The van der Waals surface area contributed by atoms with E-state index in [0.717, 1.165) is 30.0 Å². The standard InChI is InChI=1S/C23H22ClN3O/c1-14-15(2)25-22(21(28)18-8-10-19(24)11-9-18)26-23(14)27-13-12-17-6-4-5-7-20(17)16(27)3/h4-11,16H,12-13H2,1-3H3. The summed E-state index contributed by atoms with van der Waals surface area (Å²) in [6.45, 7) is 7.01. The van der Waals surface area contributed by atoms with Crippen LogP contribution in [0.4, 0.5) is 5.82 Å². The first-order valence-corrected chi connectivity index (χ1v) is 9.83. The minimum absolute atomic E-state index is 0.189. The molecule has 0 amide bonds. The number of aryl methyl sites for hydroxylation is 1. The van der Waals surface area contributed by atoms with Gasteiger partial charge < -0.3 is 4.90 Å². The van der Waals surface area contributed by atoms with E-state index in [4.69, 9.17) is 16.6 Å². The highest BCUT2D eigenvalue weighted by Crippen LogP contribution is 2.34. The minimum Gasteiger partial charge on any atom is -0.349 e. The monoisotopic (exact) mass is 391 g/mol. The number of rotatable bonds is 3. The lowest BCUT2D eigenvalue weighted by Crippen LogP contribution is -2.35. The number of nitrogens with zero attached hydrogens (tertiary/aromatic N) is 3. The summed E-state index contributed by atoms with van der Waals surface area (Å²) in [6, 6.07) is 15.6. The smallest absolute Gasteiger partial charge is 0.230 e. The summed E-state index contributed by atoms with van der Waals surface area (Å²) in [6.07, 6.45) is 0.962. The van der Waals surface area contributed by atoms with Gasteiger partial charge in [-0.25, -0.2) is 9.97 Å². The third kappa shape index (κ3) is 3.29. The average Bonchev–Trinajstić information content (AvgIpc) is 2.71. The van der Waals surface area contributed by atoms with Crippen LogP contribution in [0.3, 0.4) is 0 Å². The van der Waals surface area contributed by atoms with Gasteiger partial charge in [-0.2, -0.15) is 0 Å². The Kier molecular flexibility index (Phi) is 4.90. The van der Waals surface area contributed by atoms with Crippen molar-refractivity contribution in [3.63, 3.8) is 0 Å². The van der Waals surface area contributed by atoms with Crippen molar-refractivity contribution in [2.45, 2.75) is 33.2 Å². The second-order valence-electron chi connectivity index (χ2n) is 7.24. The fourth-order valence-electron chi connectivity index (χ4n) is 3.79. The van der Waals surface area contributed by atoms with Crippen LogP contribution in [-0.2, 0) is 6.42 Å². The number of fused-ring (bicyclic) bond motifs is 1. The second-order valence-corrected chi connectivity index (χ2v) is 7.67. The molecular weight excluding hydrogens is 370 g/mol. The molecule has 3 aromatic rings. The van der Waals surface area contributed by atoms with Crippen molar-refractivity contribution < 1.29 is 4.79 Å². The molecule has 0 saturated heterocycles. The molecule has 1 atom stereocenters. The molecular formula is C23H22ClN3O. The Balaban J connectivity index is 1.74. The normalized spacial score (nSPS) is 16.0. The summed E-state index contributed by atoms with van der Waals surface area (Å²) in [7, 11) is 0. The van der Waals surface area contributed by atoms with Crippen LogP contribution in [0.25, 0.3) is 0 Å². The van der Waals surface area contributed by atoms with Crippen LogP contribution in [0.2, 0.25) is 5.02 Å². The van der Waals surface area contributed by atoms with Crippen LogP contribution in [0, 0.1) is 13.8 Å². The Morgan fingerprint density at radius 1 is 1.07 bits per heavy atom. The fraction of sp³-hybridized carbons (Fsp3) is 0.261. The van der Waals surface area contributed by atoms with Crippen molar-refractivity contribution in [3.05, 3.63) is 87.3 Å². The van der Waals surface area contributed by atoms with Crippen LogP contribution in [0.15, 0.2) is 48.5 Å². The Morgan fingerprint density at radius 3 is 2.54 bits per heavy atom. The number of ketones is 1. The summed E-state index contributed by atoms with van der Waals surface area (Å²) >= 11 is 5.94. The zero-order valence-corrected chi connectivity index (χ0v) is 17.0. The Bertz CT molecular complexity index is 1050. The number of carbonyl (C=O) groups excluding carboxylic acids is 1. The zero-order valence-electron chi connectivity index (χ0n) is 16.2. The van der Waals surface area contributed by atoms with Gasteiger partial charge in [-0.3, -0.25) is 4.79 Å². The highest BCUT2D eigenvalue weighted by atomic mass is 35.5. The fourth-order valence-corrected chi connectivity index (χ4v) is 3.91. The van der Waals surface area contributed by atoms with Crippen molar-refractivity contribution in [2.75, 3.05) is 11.4 Å². The molecule has 0 N–H and O–H groups in total. The van der Waals surface area contributed by atoms with E-state index >= 15 is 0 Å². The Morgan fingerprint density at radius 2 is 1.79 bits per heavy atom. The topological polar surface area (TPSA) is 46.1 Å². The maximum atomic E-state index is 12.9. The predicted octanol–water partition coefficient (Wildman–Crippen LogP) is 5.10. The Hall–Kier alpha value is -2.72. The van der Waals surface area contributed by atoms with Crippen molar-refractivity contribution in [1.29, 1.82) is 0 Å². The molecule has 0 radical (unpaired) electrons. The van der Waals surface area contributed by atoms with Crippen molar-refractivity contribution in [3.8, 4) is 0 Å². The lowest BCUT2D eigenvalue weighted by atomic mass is 9.93. The number of halogens is 1. The number of carbonyl (C=O) groups is 1. The highest BCUT2D eigenvalue weighted by molar-refractivity contribution is 6.30. The van der Waals surface area contributed by atoms with E-state index in [0.29, 0.717) is 10.6 Å². The number of hydrogen-bond donors (Lipinski definition) is 0. The summed E-state index contributed by atoms with van der Waals surface area (Å²) in [5.74, 6) is 0.879. The molecule has 0 spiro atoms. The summed E-state index contributed by atoms with van der Waals surface area (Å²) in [5.41, 5.74) is 5.07. The van der Waals surface area contributed by atoms with E-state index in [9.17, 15) is 4.79 Å². The third-order valence-electron chi connectivity index (χ3n) is 5.54. The lowest BCUT2D eigenvalue weighted by Gasteiger charge is -2.37. The lowest BCUT2D eigenvalue weighted by molar-refractivity contribution is 0.102. The van der Waals surface area contributed by atoms with Crippen LogP contribution in [0.1, 0.15) is 51.5 Å². The maximum Gasteiger partial charge on any atom is 0.230 e. The molecule has 0 saturated carbocycles. The first-order chi connectivity index (χ1) is 13.5. The molecule has 1 aliphatic rings. The van der Waals surface area contributed by atoms with Gasteiger partial charge in [-0.05, 0) is 62.6 Å². The molecule has 142 valence electrons. The van der Waals surface area contributed by atoms with E-state index < -0.39 is 0 Å². The first kappa shape index (κ1) is 18.6. The molecule has 2 heterocycles. The maximum absolute atomic E-state index is 12.9. The Labute approximate surface area is 170 Å². The molecule has 2 aromatic carbocycles. The van der Waals surface area contributed by atoms with Crippen LogP contribution in [0.5, 0.6) is 0 Å². The van der Waals surface area contributed by atoms with Crippen molar-refractivity contribution in [1.82, 2.24) is 9.97 Å². The highest BCUT2D eigenvalue weighted by Gasteiger charge is 2.27. The summed E-state index contributed by atoms with van der Waals surface area (Å²) in [5, 5.41) is 0.596. The van der Waals surface area contributed by atoms with Gasteiger partial charge in [0.25, 0.3) is 0 Å². The van der Waals surface area contributed by atoms with Crippen LogP contribution in [-0.4, -0.2) is 22.3 Å². The molecule has 4 nitrogen and oxygen atoms in total. The second kappa shape index (κ2) is 7.36.